The van der Waals surface area contributed by atoms with Gasteiger partial charge in [-0.05, 0) is 23.8 Å². The van der Waals surface area contributed by atoms with Gasteiger partial charge in [0.25, 0.3) is 0 Å². The summed E-state index contributed by atoms with van der Waals surface area (Å²) in [5.74, 6) is 0.0137. The fraction of sp³-hybridized carbons (Fsp3) is 0.0714. The van der Waals surface area contributed by atoms with Gasteiger partial charge in [0.1, 0.15) is 0 Å². The molecule has 1 aliphatic rings. The van der Waals surface area contributed by atoms with Gasteiger partial charge in [-0.2, -0.15) is 0 Å². The Morgan fingerprint density at radius 2 is 2.16 bits per heavy atom. The molecule has 3 heterocycles. The summed E-state index contributed by atoms with van der Waals surface area (Å²) in [6.07, 6.45) is 3.81. The molecule has 0 saturated heterocycles. The van der Waals surface area contributed by atoms with E-state index in [2.05, 4.69) is 20.3 Å². The van der Waals surface area contributed by atoms with Crippen LogP contribution in [0.3, 0.4) is 0 Å². The first-order valence-corrected chi connectivity index (χ1v) is 6.03. The van der Waals surface area contributed by atoms with Crippen LogP contribution in [0.5, 0.6) is 0 Å². The van der Waals surface area contributed by atoms with E-state index >= 15 is 0 Å². The molecule has 5 heteroatoms. The first-order chi connectivity index (χ1) is 9.33. The van der Waals surface area contributed by atoms with Crippen molar-refractivity contribution in [1.29, 1.82) is 0 Å². The maximum Gasteiger partial charge on any atom is 0.228 e. The molecular weight excluding hydrogens is 240 g/mol. The lowest BCUT2D eigenvalue weighted by Gasteiger charge is -2.08. The number of imidazole rings is 1. The number of carbonyl (C=O) groups excluding carboxylic acids is 1. The fourth-order valence-electron chi connectivity index (χ4n) is 2.54. The Hall–Kier alpha value is -2.69. The van der Waals surface area contributed by atoms with Crippen molar-refractivity contribution in [1.82, 2.24) is 15.0 Å². The number of H-pyrrole nitrogens is 1. The smallest absolute Gasteiger partial charge is 0.228 e. The zero-order chi connectivity index (χ0) is 12.8. The third-order valence-corrected chi connectivity index (χ3v) is 3.33. The van der Waals surface area contributed by atoms with E-state index < -0.39 is 0 Å². The van der Waals surface area contributed by atoms with E-state index in [1.54, 1.807) is 12.5 Å². The van der Waals surface area contributed by atoms with Crippen molar-refractivity contribution in [2.45, 2.75) is 6.42 Å². The number of rotatable bonds is 1. The lowest BCUT2D eigenvalue weighted by Crippen LogP contribution is -2.04. The molecule has 0 radical (unpaired) electrons. The summed E-state index contributed by atoms with van der Waals surface area (Å²) in [6.45, 7) is 0. The second-order valence-electron chi connectivity index (χ2n) is 4.52. The van der Waals surface area contributed by atoms with Crippen LogP contribution in [0.1, 0.15) is 5.56 Å². The molecule has 3 aromatic rings. The number of anilines is 1. The average molecular weight is 250 g/mol. The molecule has 0 saturated carbocycles. The maximum atomic E-state index is 11.6. The minimum absolute atomic E-state index is 0.0137. The molecule has 1 amide bonds. The van der Waals surface area contributed by atoms with E-state index in [-0.39, 0.29) is 5.91 Å². The van der Waals surface area contributed by atoms with Gasteiger partial charge in [0.15, 0.2) is 0 Å². The van der Waals surface area contributed by atoms with E-state index in [0.29, 0.717) is 6.42 Å². The molecule has 19 heavy (non-hydrogen) atoms. The molecule has 4 rings (SSSR count). The molecule has 0 atom stereocenters. The lowest BCUT2D eigenvalue weighted by atomic mass is 10.0. The predicted octanol–water partition coefficient (Wildman–Crippen LogP) is 2.12. The van der Waals surface area contributed by atoms with Crippen LogP contribution in [0.4, 0.5) is 5.69 Å². The number of benzene rings is 1. The lowest BCUT2D eigenvalue weighted by molar-refractivity contribution is -0.115. The molecule has 2 N–H and O–H groups in total. The van der Waals surface area contributed by atoms with Gasteiger partial charge in [0, 0.05) is 6.20 Å². The topological polar surface area (TPSA) is 70.7 Å². The first kappa shape index (κ1) is 10.3. The van der Waals surface area contributed by atoms with E-state index in [1.165, 1.54) is 0 Å². The van der Waals surface area contributed by atoms with Crippen molar-refractivity contribution in [3.8, 4) is 11.3 Å². The summed E-state index contributed by atoms with van der Waals surface area (Å²) in [4.78, 5) is 23.4. The maximum absolute atomic E-state index is 11.6. The minimum atomic E-state index is 0.0137. The number of hydrogen-bond donors (Lipinski definition) is 2. The standard InChI is InChI=1S/C14H10N4O/c19-11-6-8-5-10-14(17-7-16-10)12(13(8)18-11)9-3-1-2-4-15-9/h1-5,7H,6H2,(H,16,17)(H,18,19). The molecular formula is C14H10N4O. The third-order valence-electron chi connectivity index (χ3n) is 3.33. The molecule has 0 aliphatic carbocycles. The number of fused-ring (bicyclic) bond motifs is 2. The molecule has 0 fully saturated rings. The Labute approximate surface area is 108 Å². The van der Waals surface area contributed by atoms with Gasteiger partial charge in [0.05, 0.1) is 40.7 Å². The van der Waals surface area contributed by atoms with Crippen LogP contribution in [0, 0.1) is 0 Å². The Bertz CT molecular complexity index is 792. The first-order valence-electron chi connectivity index (χ1n) is 6.03. The number of aromatic amines is 1. The van der Waals surface area contributed by atoms with Crippen LogP contribution in [-0.2, 0) is 11.2 Å². The van der Waals surface area contributed by atoms with E-state index in [1.807, 2.05) is 24.3 Å². The Balaban J connectivity index is 2.11. The molecule has 5 nitrogen and oxygen atoms in total. The minimum Gasteiger partial charge on any atom is -0.345 e. The van der Waals surface area contributed by atoms with E-state index in [9.17, 15) is 4.79 Å². The molecule has 0 bridgehead atoms. The van der Waals surface area contributed by atoms with Gasteiger partial charge >= 0.3 is 0 Å². The molecule has 92 valence electrons. The predicted molar refractivity (Wildman–Crippen MR) is 71.7 cm³/mol. The van der Waals surface area contributed by atoms with Crippen molar-refractivity contribution in [3.63, 3.8) is 0 Å². The Morgan fingerprint density at radius 3 is 3.00 bits per heavy atom. The van der Waals surface area contributed by atoms with Crippen molar-refractivity contribution in [2.75, 3.05) is 5.32 Å². The highest BCUT2D eigenvalue weighted by atomic mass is 16.1. The average Bonchev–Trinajstić information content (AvgIpc) is 3.01. The number of pyridine rings is 1. The van der Waals surface area contributed by atoms with Crippen molar-refractivity contribution < 1.29 is 4.79 Å². The molecule has 1 aromatic carbocycles. The van der Waals surface area contributed by atoms with Gasteiger partial charge in [0.2, 0.25) is 5.91 Å². The SMILES string of the molecule is O=C1Cc2cc3[nH]cnc3c(-c3ccccn3)c2N1. The second-order valence-corrected chi connectivity index (χ2v) is 4.52. The van der Waals surface area contributed by atoms with Gasteiger partial charge in [-0.15, -0.1) is 0 Å². The zero-order valence-electron chi connectivity index (χ0n) is 9.97. The monoisotopic (exact) mass is 250 g/mol. The molecule has 0 unspecified atom stereocenters. The number of nitrogens with zero attached hydrogens (tertiary/aromatic N) is 2. The summed E-state index contributed by atoms with van der Waals surface area (Å²) in [6, 6.07) is 7.69. The third kappa shape index (κ3) is 1.45. The van der Waals surface area contributed by atoms with Gasteiger partial charge in [-0.3, -0.25) is 9.78 Å². The van der Waals surface area contributed by atoms with Crippen molar-refractivity contribution in [3.05, 3.63) is 42.4 Å². The highest BCUT2D eigenvalue weighted by molar-refractivity contribution is 6.10. The van der Waals surface area contributed by atoms with Gasteiger partial charge < -0.3 is 10.3 Å². The summed E-state index contributed by atoms with van der Waals surface area (Å²) in [7, 11) is 0. The number of nitrogens with one attached hydrogen (secondary N) is 2. The highest BCUT2D eigenvalue weighted by Gasteiger charge is 2.25. The van der Waals surface area contributed by atoms with Gasteiger partial charge in [-0.25, -0.2) is 4.98 Å². The van der Waals surface area contributed by atoms with Crippen LogP contribution in [0.15, 0.2) is 36.8 Å². The van der Waals surface area contributed by atoms with E-state index in [4.69, 9.17) is 0 Å². The highest BCUT2D eigenvalue weighted by Crippen LogP contribution is 2.38. The number of hydrogen-bond acceptors (Lipinski definition) is 3. The number of aromatic nitrogens is 3. The summed E-state index contributed by atoms with van der Waals surface area (Å²) < 4.78 is 0. The zero-order valence-corrected chi connectivity index (χ0v) is 9.97. The van der Waals surface area contributed by atoms with Crippen LogP contribution < -0.4 is 5.32 Å². The van der Waals surface area contributed by atoms with Crippen LogP contribution in [0.2, 0.25) is 0 Å². The normalized spacial score (nSPS) is 13.6. The van der Waals surface area contributed by atoms with Gasteiger partial charge in [-0.1, -0.05) is 6.07 Å². The van der Waals surface area contributed by atoms with Crippen molar-refractivity contribution in [2.24, 2.45) is 0 Å². The molecule has 0 spiro atoms. The Morgan fingerprint density at radius 1 is 1.21 bits per heavy atom. The summed E-state index contributed by atoms with van der Waals surface area (Å²) in [5.41, 5.74) is 5.29. The summed E-state index contributed by atoms with van der Waals surface area (Å²) in [5, 5.41) is 2.91. The molecule has 1 aliphatic heterocycles. The fourth-order valence-corrected chi connectivity index (χ4v) is 2.54. The largest absolute Gasteiger partial charge is 0.345 e. The second kappa shape index (κ2) is 3.65. The number of carbonyl (C=O) groups is 1. The quantitative estimate of drug-likeness (QED) is 0.695. The van der Waals surface area contributed by atoms with E-state index in [0.717, 1.165) is 33.5 Å². The Kier molecular flexibility index (Phi) is 1.97. The summed E-state index contributed by atoms with van der Waals surface area (Å²) >= 11 is 0. The number of amides is 1. The van der Waals surface area contributed by atoms with Crippen molar-refractivity contribution >= 4 is 22.6 Å². The van der Waals surface area contributed by atoms with Crippen LogP contribution in [0.25, 0.3) is 22.3 Å². The molecule has 2 aromatic heterocycles. The van der Waals surface area contributed by atoms with Crippen LogP contribution >= 0.6 is 0 Å². The van der Waals surface area contributed by atoms with Crippen LogP contribution in [-0.4, -0.2) is 20.9 Å².